The molecule has 1 amide bonds. The molecular weight excluding hydrogens is 250 g/mol. The second-order valence-corrected chi connectivity index (χ2v) is 5.81. The van der Waals surface area contributed by atoms with E-state index in [0.717, 1.165) is 25.1 Å². The first kappa shape index (κ1) is 14.9. The summed E-state index contributed by atoms with van der Waals surface area (Å²) in [5, 5.41) is 3.04. The van der Waals surface area contributed by atoms with Crippen molar-refractivity contribution in [3.63, 3.8) is 0 Å². The van der Waals surface area contributed by atoms with E-state index in [1.165, 1.54) is 19.3 Å². The van der Waals surface area contributed by atoms with Gasteiger partial charge in [-0.25, -0.2) is 0 Å². The summed E-state index contributed by atoms with van der Waals surface area (Å²) in [6, 6.07) is 7.52. The van der Waals surface area contributed by atoms with Gasteiger partial charge in [-0.2, -0.15) is 0 Å². The number of amides is 1. The van der Waals surface area contributed by atoms with Crippen LogP contribution in [0.5, 0.6) is 0 Å². The molecule has 2 atom stereocenters. The predicted octanol–water partition coefficient (Wildman–Crippen LogP) is 1.69. The van der Waals surface area contributed by atoms with Crippen LogP contribution in [0.1, 0.15) is 31.2 Å². The van der Waals surface area contributed by atoms with Gasteiger partial charge in [-0.15, -0.1) is 0 Å². The predicted molar refractivity (Wildman–Crippen MR) is 82.1 cm³/mol. The summed E-state index contributed by atoms with van der Waals surface area (Å²) in [6.45, 7) is 1.53. The van der Waals surface area contributed by atoms with E-state index in [1.54, 1.807) is 0 Å². The molecule has 110 valence electrons. The number of nitrogens with two attached hydrogens (primary N) is 2. The number of nitrogens with one attached hydrogen (secondary N) is 1. The molecule has 0 radical (unpaired) electrons. The van der Waals surface area contributed by atoms with E-state index in [2.05, 4.69) is 5.32 Å². The third kappa shape index (κ3) is 4.23. The van der Waals surface area contributed by atoms with Crippen LogP contribution < -0.4 is 16.8 Å². The zero-order chi connectivity index (χ0) is 14.4. The van der Waals surface area contributed by atoms with E-state index < -0.39 is 0 Å². The molecular formula is C16H25N3O. The fourth-order valence-electron chi connectivity index (χ4n) is 2.99. The van der Waals surface area contributed by atoms with Gasteiger partial charge in [-0.1, -0.05) is 24.6 Å². The summed E-state index contributed by atoms with van der Waals surface area (Å²) < 4.78 is 0. The molecule has 1 fully saturated rings. The van der Waals surface area contributed by atoms with E-state index in [9.17, 15) is 4.79 Å². The highest BCUT2D eigenvalue weighted by Crippen LogP contribution is 2.27. The summed E-state index contributed by atoms with van der Waals surface area (Å²) in [5.74, 6) is 1.27. The average molecular weight is 275 g/mol. The SMILES string of the molecule is NCC1CCCC(CNC(=O)Cc2ccccc2N)C1. The van der Waals surface area contributed by atoms with E-state index in [1.807, 2.05) is 24.3 Å². The minimum absolute atomic E-state index is 0.0535. The van der Waals surface area contributed by atoms with E-state index >= 15 is 0 Å². The smallest absolute Gasteiger partial charge is 0.224 e. The van der Waals surface area contributed by atoms with Crippen molar-refractivity contribution in [1.82, 2.24) is 5.32 Å². The first-order valence-corrected chi connectivity index (χ1v) is 7.49. The van der Waals surface area contributed by atoms with Crippen LogP contribution in [0.3, 0.4) is 0 Å². The van der Waals surface area contributed by atoms with E-state index in [4.69, 9.17) is 11.5 Å². The molecule has 20 heavy (non-hydrogen) atoms. The molecule has 0 spiro atoms. The summed E-state index contributed by atoms with van der Waals surface area (Å²) in [4.78, 5) is 12.0. The summed E-state index contributed by atoms with van der Waals surface area (Å²) >= 11 is 0. The van der Waals surface area contributed by atoms with Crippen LogP contribution in [-0.2, 0) is 11.2 Å². The molecule has 1 aromatic carbocycles. The number of para-hydroxylation sites is 1. The van der Waals surface area contributed by atoms with Gasteiger partial charge >= 0.3 is 0 Å². The van der Waals surface area contributed by atoms with Gasteiger partial charge in [0.05, 0.1) is 6.42 Å². The van der Waals surface area contributed by atoms with E-state index in [0.29, 0.717) is 23.9 Å². The Morgan fingerprint density at radius 2 is 2.00 bits per heavy atom. The molecule has 4 heteroatoms. The number of carbonyl (C=O) groups excluding carboxylic acids is 1. The maximum atomic E-state index is 12.0. The minimum Gasteiger partial charge on any atom is -0.398 e. The Hall–Kier alpha value is -1.55. The Morgan fingerprint density at radius 1 is 1.25 bits per heavy atom. The largest absolute Gasteiger partial charge is 0.398 e. The number of rotatable bonds is 5. The molecule has 5 N–H and O–H groups in total. The maximum Gasteiger partial charge on any atom is 0.224 e. The van der Waals surface area contributed by atoms with Crippen LogP contribution in [0.25, 0.3) is 0 Å². The monoisotopic (exact) mass is 275 g/mol. The van der Waals surface area contributed by atoms with Crippen LogP contribution in [-0.4, -0.2) is 19.0 Å². The first-order valence-electron chi connectivity index (χ1n) is 7.49. The fraction of sp³-hybridized carbons (Fsp3) is 0.562. The number of anilines is 1. The molecule has 4 nitrogen and oxygen atoms in total. The van der Waals surface area contributed by atoms with Crippen LogP contribution >= 0.6 is 0 Å². The number of carbonyl (C=O) groups is 1. The lowest BCUT2D eigenvalue weighted by molar-refractivity contribution is -0.120. The highest BCUT2D eigenvalue weighted by atomic mass is 16.1. The number of nitrogen functional groups attached to an aromatic ring is 1. The van der Waals surface area contributed by atoms with Crippen molar-refractivity contribution < 1.29 is 4.79 Å². The number of benzene rings is 1. The zero-order valence-corrected chi connectivity index (χ0v) is 12.0. The Bertz CT molecular complexity index is 447. The van der Waals surface area contributed by atoms with Gasteiger partial charge in [-0.05, 0) is 49.3 Å². The van der Waals surface area contributed by atoms with Crippen LogP contribution in [0.15, 0.2) is 24.3 Å². The van der Waals surface area contributed by atoms with Crippen molar-refractivity contribution in [3.8, 4) is 0 Å². The number of hydrogen-bond acceptors (Lipinski definition) is 3. The second kappa shape index (κ2) is 7.29. The molecule has 1 saturated carbocycles. The van der Waals surface area contributed by atoms with Gasteiger partial charge in [0.15, 0.2) is 0 Å². The molecule has 0 bridgehead atoms. The van der Waals surface area contributed by atoms with Gasteiger partial charge in [0.2, 0.25) is 5.91 Å². The third-order valence-corrected chi connectivity index (χ3v) is 4.22. The molecule has 1 aliphatic rings. The number of hydrogen-bond donors (Lipinski definition) is 3. The van der Waals surface area contributed by atoms with Gasteiger partial charge in [-0.3, -0.25) is 4.79 Å². The van der Waals surface area contributed by atoms with Crippen LogP contribution in [0, 0.1) is 11.8 Å². The molecule has 2 unspecified atom stereocenters. The Labute approximate surface area is 120 Å². The van der Waals surface area contributed by atoms with Crippen molar-refractivity contribution in [2.24, 2.45) is 17.6 Å². The molecule has 0 aromatic heterocycles. The summed E-state index contributed by atoms with van der Waals surface area (Å²) in [5.41, 5.74) is 13.2. The van der Waals surface area contributed by atoms with Gasteiger partial charge in [0.25, 0.3) is 0 Å². The lowest BCUT2D eigenvalue weighted by atomic mass is 9.81. The molecule has 0 heterocycles. The molecule has 1 aliphatic carbocycles. The van der Waals surface area contributed by atoms with Crippen molar-refractivity contribution in [2.45, 2.75) is 32.1 Å². The highest BCUT2D eigenvalue weighted by molar-refractivity contribution is 5.80. The van der Waals surface area contributed by atoms with Gasteiger partial charge in [0.1, 0.15) is 0 Å². The maximum absolute atomic E-state index is 12.0. The minimum atomic E-state index is 0.0535. The van der Waals surface area contributed by atoms with Crippen molar-refractivity contribution >= 4 is 11.6 Å². The van der Waals surface area contributed by atoms with Crippen molar-refractivity contribution in [1.29, 1.82) is 0 Å². The lowest BCUT2D eigenvalue weighted by Crippen LogP contribution is -2.34. The molecule has 0 aliphatic heterocycles. The Kier molecular flexibility index (Phi) is 5.41. The van der Waals surface area contributed by atoms with Gasteiger partial charge < -0.3 is 16.8 Å². The van der Waals surface area contributed by atoms with Gasteiger partial charge in [0, 0.05) is 12.2 Å². The zero-order valence-electron chi connectivity index (χ0n) is 12.0. The first-order chi connectivity index (χ1) is 9.69. The molecule has 0 saturated heterocycles. The van der Waals surface area contributed by atoms with Crippen LogP contribution in [0.2, 0.25) is 0 Å². The Balaban J connectivity index is 1.76. The van der Waals surface area contributed by atoms with Crippen molar-refractivity contribution in [3.05, 3.63) is 29.8 Å². The second-order valence-electron chi connectivity index (χ2n) is 5.81. The average Bonchev–Trinajstić information content (AvgIpc) is 2.48. The van der Waals surface area contributed by atoms with E-state index in [-0.39, 0.29) is 5.91 Å². The molecule has 2 rings (SSSR count). The quantitative estimate of drug-likeness (QED) is 0.715. The summed E-state index contributed by atoms with van der Waals surface area (Å²) in [6.07, 6.45) is 5.17. The normalized spacial score (nSPS) is 22.4. The summed E-state index contributed by atoms with van der Waals surface area (Å²) in [7, 11) is 0. The molecule has 1 aromatic rings. The lowest BCUT2D eigenvalue weighted by Gasteiger charge is -2.28. The van der Waals surface area contributed by atoms with Crippen molar-refractivity contribution in [2.75, 3.05) is 18.8 Å². The standard InChI is InChI=1S/C16H25N3O/c17-10-12-4-3-5-13(8-12)11-19-16(20)9-14-6-1-2-7-15(14)18/h1-2,6-7,12-13H,3-5,8-11,17-18H2,(H,19,20). The topological polar surface area (TPSA) is 81.1 Å². The third-order valence-electron chi connectivity index (χ3n) is 4.22. The fourth-order valence-corrected chi connectivity index (χ4v) is 2.99. The highest BCUT2D eigenvalue weighted by Gasteiger charge is 2.21. The Morgan fingerprint density at radius 3 is 2.75 bits per heavy atom. The van der Waals surface area contributed by atoms with Crippen LogP contribution in [0.4, 0.5) is 5.69 Å².